The Hall–Kier alpha value is -2.10. The molecule has 0 fully saturated rings. The van der Waals surface area contributed by atoms with Crippen LogP contribution in [0.25, 0.3) is 11.4 Å². The van der Waals surface area contributed by atoms with Crippen LogP contribution in [0.4, 0.5) is 0 Å². The molecule has 2 heterocycles. The topological polar surface area (TPSA) is 44.2 Å². The first-order chi connectivity index (χ1) is 13.6. The Kier molecular flexibility index (Phi) is 9.81. The molecule has 0 aliphatic heterocycles. The summed E-state index contributed by atoms with van der Waals surface area (Å²) in [6, 6.07) is 7.76. The SMILES string of the molecule is CCCCCC(C)Oc1ccnc(-c2cc(OC(C)CCCCC)ccn2)c1. The molecule has 0 amide bonds. The maximum absolute atomic E-state index is 6.07. The second-order valence-electron chi connectivity index (χ2n) is 7.60. The van der Waals surface area contributed by atoms with E-state index in [1.165, 1.54) is 38.5 Å². The number of ether oxygens (including phenoxy) is 2. The Balaban J connectivity index is 1.99. The van der Waals surface area contributed by atoms with Gasteiger partial charge in [-0.15, -0.1) is 0 Å². The number of unbranched alkanes of at least 4 members (excludes halogenated alkanes) is 4. The fourth-order valence-corrected chi connectivity index (χ4v) is 3.20. The molecule has 0 spiro atoms. The minimum absolute atomic E-state index is 0.202. The molecule has 0 radical (unpaired) electrons. The molecule has 0 aliphatic carbocycles. The van der Waals surface area contributed by atoms with Crippen molar-refractivity contribution in [2.24, 2.45) is 0 Å². The van der Waals surface area contributed by atoms with Crippen molar-refractivity contribution in [2.45, 2.75) is 91.3 Å². The molecule has 28 heavy (non-hydrogen) atoms. The number of aromatic nitrogens is 2. The molecule has 4 nitrogen and oxygen atoms in total. The molecule has 154 valence electrons. The van der Waals surface area contributed by atoms with Gasteiger partial charge in [-0.05, 0) is 51.7 Å². The van der Waals surface area contributed by atoms with E-state index in [0.717, 1.165) is 35.7 Å². The third-order valence-electron chi connectivity index (χ3n) is 4.83. The Morgan fingerprint density at radius 1 is 0.714 bits per heavy atom. The third kappa shape index (κ3) is 7.87. The van der Waals surface area contributed by atoms with E-state index in [2.05, 4.69) is 37.7 Å². The predicted molar refractivity (Wildman–Crippen MR) is 116 cm³/mol. The van der Waals surface area contributed by atoms with Crippen molar-refractivity contribution in [3.8, 4) is 22.9 Å². The zero-order valence-electron chi connectivity index (χ0n) is 18.0. The molecule has 2 aromatic heterocycles. The average Bonchev–Trinajstić information content (AvgIpc) is 2.69. The number of pyridine rings is 2. The van der Waals surface area contributed by atoms with E-state index in [0.29, 0.717) is 0 Å². The third-order valence-corrected chi connectivity index (χ3v) is 4.83. The lowest BCUT2D eigenvalue weighted by Gasteiger charge is -2.16. The van der Waals surface area contributed by atoms with Crippen molar-refractivity contribution < 1.29 is 9.47 Å². The lowest BCUT2D eigenvalue weighted by molar-refractivity contribution is 0.206. The van der Waals surface area contributed by atoms with Crippen molar-refractivity contribution >= 4 is 0 Å². The van der Waals surface area contributed by atoms with Gasteiger partial charge in [0.1, 0.15) is 11.5 Å². The first-order valence-corrected chi connectivity index (χ1v) is 10.9. The van der Waals surface area contributed by atoms with E-state index < -0.39 is 0 Å². The van der Waals surface area contributed by atoms with Crippen LogP contribution in [0.2, 0.25) is 0 Å². The lowest BCUT2D eigenvalue weighted by Crippen LogP contribution is -2.12. The summed E-state index contributed by atoms with van der Waals surface area (Å²) in [4.78, 5) is 8.95. The summed E-state index contributed by atoms with van der Waals surface area (Å²) in [5.74, 6) is 1.69. The van der Waals surface area contributed by atoms with Gasteiger partial charge in [0.25, 0.3) is 0 Å². The van der Waals surface area contributed by atoms with Crippen LogP contribution in [0.1, 0.15) is 79.1 Å². The summed E-state index contributed by atoms with van der Waals surface area (Å²) in [6.07, 6.45) is 13.5. The van der Waals surface area contributed by atoms with Gasteiger partial charge < -0.3 is 9.47 Å². The Morgan fingerprint density at radius 3 is 1.54 bits per heavy atom. The molecular weight excluding hydrogens is 348 g/mol. The van der Waals surface area contributed by atoms with Crippen LogP contribution >= 0.6 is 0 Å². The van der Waals surface area contributed by atoms with Crippen molar-refractivity contribution in [1.82, 2.24) is 9.97 Å². The summed E-state index contributed by atoms with van der Waals surface area (Å²) in [5.41, 5.74) is 1.62. The highest BCUT2D eigenvalue weighted by Crippen LogP contribution is 2.25. The van der Waals surface area contributed by atoms with Crippen molar-refractivity contribution in [3.05, 3.63) is 36.7 Å². The first kappa shape index (κ1) is 22.2. The van der Waals surface area contributed by atoms with Crippen LogP contribution in [0, 0.1) is 0 Å². The summed E-state index contributed by atoms with van der Waals surface area (Å²) >= 11 is 0. The number of hydrogen-bond acceptors (Lipinski definition) is 4. The smallest absolute Gasteiger partial charge is 0.123 e. The van der Waals surface area contributed by atoms with E-state index >= 15 is 0 Å². The van der Waals surface area contributed by atoms with Crippen molar-refractivity contribution in [3.63, 3.8) is 0 Å². The molecule has 2 aromatic rings. The lowest BCUT2D eigenvalue weighted by atomic mass is 10.1. The summed E-state index contributed by atoms with van der Waals surface area (Å²) in [5, 5.41) is 0. The molecule has 0 aliphatic rings. The monoisotopic (exact) mass is 384 g/mol. The van der Waals surface area contributed by atoms with Crippen LogP contribution < -0.4 is 9.47 Å². The van der Waals surface area contributed by atoms with Crippen LogP contribution in [0.15, 0.2) is 36.7 Å². The van der Waals surface area contributed by atoms with Gasteiger partial charge in [0.05, 0.1) is 23.6 Å². The zero-order valence-corrected chi connectivity index (χ0v) is 18.0. The van der Waals surface area contributed by atoms with Crippen molar-refractivity contribution in [2.75, 3.05) is 0 Å². The van der Waals surface area contributed by atoms with Crippen molar-refractivity contribution in [1.29, 1.82) is 0 Å². The second-order valence-corrected chi connectivity index (χ2v) is 7.60. The van der Waals surface area contributed by atoms with Crippen LogP contribution in [-0.2, 0) is 0 Å². The predicted octanol–water partition coefficient (Wildman–Crippen LogP) is 6.84. The molecule has 0 bridgehead atoms. The van der Waals surface area contributed by atoms with E-state index in [1.807, 2.05) is 24.3 Å². The molecular formula is C24H36N2O2. The van der Waals surface area contributed by atoms with E-state index in [-0.39, 0.29) is 12.2 Å². The molecule has 0 saturated heterocycles. The fourth-order valence-electron chi connectivity index (χ4n) is 3.20. The molecule has 2 unspecified atom stereocenters. The highest BCUT2D eigenvalue weighted by Gasteiger charge is 2.09. The minimum Gasteiger partial charge on any atom is -0.491 e. The van der Waals surface area contributed by atoms with E-state index in [4.69, 9.17) is 9.47 Å². The van der Waals surface area contributed by atoms with Gasteiger partial charge in [0.15, 0.2) is 0 Å². The molecule has 4 heteroatoms. The summed E-state index contributed by atoms with van der Waals surface area (Å²) < 4.78 is 12.1. The molecule has 0 aromatic carbocycles. The van der Waals surface area contributed by atoms with Crippen LogP contribution in [0.3, 0.4) is 0 Å². The standard InChI is InChI=1S/C24H36N2O2/c1-5-7-9-11-19(3)27-21-13-15-25-23(17-21)24-18-22(14-16-26-24)28-20(4)12-10-8-6-2/h13-20H,5-12H2,1-4H3. The molecule has 2 atom stereocenters. The van der Waals surface area contributed by atoms with Gasteiger partial charge in [0, 0.05) is 24.5 Å². The van der Waals surface area contributed by atoms with Crippen LogP contribution in [0.5, 0.6) is 11.5 Å². The van der Waals surface area contributed by atoms with Gasteiger partial charge in [-0.3, -0.25) is 9.97 Å². The normalized spacial score (nSPS) is 13.1. The number of nitrogens with zero attached hydrogens (tertiary/aromatic N) is 2. The van der Waals surface area contributed by atoms with Gasteiger partial charge >= 0.3 is 0 Å². The van der Waals surface area contributed by atoms with E-state index in [1.54, 1.807) is 12.4 Å². The zero-order chi connectivity index (χ0) is 20.2. The maximum Gasteiger partial charge on any atom is 0.123 e. The van der Waals surface area contributed by atoms with Gasteiger partial charge in [0.2, 0.25) is 0 Å². The Bertz CT molecular complexity index is 630. The summed E-state index contributed by atoms with van der Waals surface area (Å²) in [7, 11) is 0. The molecule has 2 rings (SSSR count). The van der Waals surface area contributed by atoms with E-state index in [9.17, 15) is 0 Å². The largest absolute Gasteiger partial charge is 0.491 e. The minimum atomic E-state index is 0.202. The Morgan fingerprint density at radius 2 is 1.14 bits per heavy atom. The van der Waals surface area contributed by atoms with Gasteiger partial charge in [-0.2, -0.15) is 0 Å². The number of hydrogen-bond donors (Lipinski definition) is 0. The summed E-state index contributed by atoms with van der Waals surface area (Å²) in [6.45, 7) is 8.69. The molecule has 0 N–H and O–H groups in total. The van der Waals surface area contributed by atoms with Gasteiger partial charge in [-0.25, -0.2) is 0 Å². The quantitative estimate of drug-likeness (QED) is 0.355. The maximum atomic E-state index is 6.07. The number of rotatable bonds is 13. The highest BCUT2D eigenvalue weighted by atomic mass is 16.5. The highest BCUT2D eigenvalue weighted by molar-refractivity contribution is 5.57. The Labute approximate surface area is 170 Å². The fraction of sp³-hybridized carbons (Fsp3) is 0.583. The second kappa shape index (κ2) is 12.4. The van der Waals surface area contributed by atoms with Crippen LogP contribution in [-0.4, -0.2) is 22.2 Å². The molecule has 0 saturated carbocycles. The average molecular weight is 385 g/mol. The van der Waals surface area contributed by atoms with Gasteiger partial charge in [-0.1, -0.05) is 39.5 Å². The first-order valence-electron chi connectivity index (χ1n) is 10.9.